The van der Waals surface area contributed by atoms with Crippen LogP contribution in [0.2, 0.25) is 0 Å². The van der Waals surface area contributed by atoms with E-state index < -0.39 is 0 Å². The lowest BCUT2D eigenvalue weighted by atomic mass is 9.95. The number of nitrogens with zero attached hydrogens (tertiary/aromatic N) is 4. The molecule has 0 aliphatic carbocycles. The number of para-hydroxylation sites is 2. The van der Waals surface area contributed by atoms with Crippen molar-refractivity contribution in [1.82, 2.24) is 15.0 Å². The van der Waals surface area contributed by atoms with E-state index in [0.717, 1.165) is 55.3 Å². The molecule has 0 atom stereocenters. The second-order valence-corrected chi connectivity index (χ2v) is 10.7. The van der Waals surface area contributed by atoms with Crippen molar-refractivity contribution in [2.45, 2.75) is 0 Å². The minimum absolute atomic E-state index is 0.477. The number of fused-ring (bicyclic) bond motifs is 3. The molecule has 0 aliphatic heterocycles. The van der Waals surface area contributed by atoms with Crippen LogP contribution in [0.3, 0.4) is 0 Å². The maximum Gasteiger partial charge on any atom is 0.194 e. The quantitative estimate of drug-likeness (QED) is 0.191. The van der Waals surface area contributed by atoms with Gasteiger partial charge in [0, 0.05) is 21.9 Å². The van der Waals surface area contributed by atoms with E-state index >= 15 is 0 Å². The lowest BCUT2D eigenvalue weighted by Gasteiger charge is -2.14. The monoisotopic (exact) mass is 576 g/mol. The Morgan fingerprint density at radius 3 is 1.73 bits per heavy atom. The fourth-order valence-electron chi connectivity index (χ4n) is 5.81. The molecule has 0 bridgehead atoms. The van der Waals surface area contributed by atoms with E-state index in [1.165, 1.54) is 0 Å². The summed E-state index contributed by atoms with van der Waals surface area (Å²) < 4.78 is 6.55. The predicted molar refractivity (Wildman–Crippen MR) is 181 cm³/mol. The van der Waals surface area contributed by atoms with Gasteiger partial charge in [-0.1, -0.05) is 133 Å². The van der Waals surface area contributed by atoms with Crippen LogP contribution in [-0.2, 0) is 0 Å². The van der Waals surface area contributed by atoms with Gasteiger partial charge in [-0.3, -0.25) is 0 Å². The Morgan fingerprint density at radius 2 is 1.00 bits per heavy atom. The lowest BCUT2D eigenvalue weighted by Crippen LogP contribution is -2.01. The number of hydrogen-bond donors (Lipinski definition) is 0. The fraction of sp³-hybridized carbons (Fsp3) is 0. The van der Waals surface area contributed by atoms with E-state index in [9.17, 15) is 0 Å². The molecule has 8 aromatic rings. The molecule has 0 N–H and O–H groups in total. The summed E-state index contributed by atoms with van der Waals surface area (Å²) in [6, 6.07) is 48.2. The number of furan rings is 1. The molecular weight excluding hydrogens is 552 g/mol. The van der Waals surface area contributed by atoms with Crippen molar-refractivity contribution in [3.8, 4) is 56.4 Å². The molecule has 6 aromatic carbocycles. The van der Waals surface area contributed by atoms with Gasteiger partial charge in [-0.05, 0) is 34.4 Å². The minimum atomic E-state index is 0.477. The van der Waals surface area contributed by atoms with Crippen molar-refractivity contribution in [3.05, 3.63) is 157 Å². The number of aromatic nitrogens is 3. The van der Waals surface area contributed by atoms with Crippen LogP contribution in [-0.4, -0.2) is 15.0 Å². The molecule has 8 rings (SSSR count). The van der Waals surface area contributed by atoms with Gasteiger partial charge < -0.3 is 4.42 Å². The third-order valence-electron chi connectivity index (χ3n) is 8.00. The zero-order valence-corrected chi connectivity index (χ0v) is 24.1. The SMILES string of the molecule is [C-]#[N+]c1ccccc1-c1ccc2c(oc3ccccc32)c1-c1nc(-c2ccccc2)nc(-c2ccc(-c3ccccc3)cc2)n1. The molecule has 0 unspecified atom stereocenters. The Hall–Kier alpha value is -6.38. The van der Waals surface area contributed by atoms with Crippen LogP contribution >= 0.6 is 0 Å². The first-order valence-electron chi connectivity index (χ1n) is 14.7. The van der Waals surface area contributed by atoms with Crippen LogP contribution in [0.25, 0.3) is 83.2 Å². The summed E-state index contributed by atoms with van der Waals surface area (Å²) in [6.45, 7) is 7.89. The highest BCUT2D eigenvalue weighted by Crippen LogP contribution is 2.44. The van der Waals surface area contributed by atoms with Crippen molar-refractivity contribution in [3.63, 3.8) is 0 Å². The second kappa shape index (κ2) is 11.0. The largest absolute Gasteiger partial charge is 0.455 e. The average Bonchev–Trinajstić information content (AvgIpc) is 3.50. The minimum Gasteiger partial charge on any atom is -0.455 e. The van der Waals surface area contributed by atoms with E-state index in [2.05, 4.69) is 41.2 Å². The molecule has 0 fully saturated rings. The molecule has 0 amide bonds. The summed E-state index contributed by atoms with van der Waals surface area (Å²) >= 11 is 0. The van der Waals surface area contributed by atoms with Crippen LogP contribution in [0.15, 0.2) is 150 Å². The molecule has 0 saturated heterocycles. The molecule has 0 saturated carbocycles. The van der Waals surface area contributed by atoms with Gasteiger partial charge in [0.2, 0.25) is 0 Å². The van der Waals surface area contributed by atoms with Gasteiger partial charge in [0.25, 0.3) is 0 Å². The van der Waals surface area contributed by atoms with Crippen molar-refractivity contribution in [2.75, 3.05) is 0 Å². The molecule has 2 heterocycles. The number of benzene rings is 6. The van der Waals surface area contributed by atoms with Crippen LogP contribution in [0, 0.1) is 6.57 Å². The molecule has 0 spiro atoms. The molecule has 0 aliphatic rings. The average molecular weight is 577 g/mol. The van der Waals surface area contributed by atoms with Crippen molar-refractivity contribution in [1.29, 1.82) is 0 Å². The molecule has 45 heavy (non-hydrogen) atoms. The highest BCUT2D eigenvalue weighted by Gasteiger charge is 2.23. The Balaban J connectivity index is 1.41. The molecule has 2 aromatic heterocycles. The van der Waals surface area contributed by atoms with E-state index in [-0.39, 0.29) is 0 Å². The summed E-state index contributed by atoms with van der Waals surface area (Å²) in [5, 5.41) is 1.97. The molecule has 5 heteroatoms. The second-order valence-electron chi connectivity index (χ2n) is 10.7. The highest BCUT2D eigenvalue weighted by molar-refractivity contribution is 6.12. The van der Waals surface area contributed by atoms with Gasteiger partial charge in [0.1, 0.15) is 11.2 Å². The van der Waals surface area contributed by atoms with Crippen LogP contribution in [0.4, 0.5) is 5.69 Å². The lowest BCUT2D eigenvalue weighted by molar-refractivity contribution is 0.669. The topological polar surface area (TPSA) is 56.2 Å². The Labute approximate surface area is 260 Å². The Kier molecular flexibility index (Phi) is 6.44. The first-order valence-corrected chi connectivity index (χ1v) is 14.7. The van der Waals surface area contributed by atoms with Gasteiger partial charge in [-0.25, -0.2) is 19.8 Å². The number of rotatable bonds is 5. The summed E-state index contributed by atoms with van der Waals surface area (Å²) in [6.07, 6.45) is 0. The highest BCUT2D eigenvalue weighted by atomic mass is 16.3. The Morgan fingerprint density at radius 1 is 0.444 bits per heavy atom. The number of hydrogen-bond acceptors (Lipinski definition) is 4. The zero-order chi connectivity index (χ0) is 30.2. The van der Waals surface area contributed by atoms with Crippen LogP contribution in [0.5, 0.6) is 0 Å². The predicted octanol–water partition coefficient (Wildman–Crippen LogP) is 10.7. The Bertz CT molecular complexity index is 2370. The molecule has 5 nitrogen and oxygen atoms in total. The van der Waals surface area contributed by atoms with Crippen molar-refractivity contribution < 1.29 is 4.42 Å². The maximum absolute atomic E-state index is 7.89. The van der Waals surface area contributed by atoms with E-state index in [0.29, 0.717) is 28.7 Å². The van der Waals surface area contributed by atoms with Crippen molar-refractivity contribution in [2.24, 2.45) is 0 Å². The molecular formula is C40H24N4O. The van der Waals surface area contributed by atoms with E-state index in [1.54, 1.807) is 0 Å². The molecule has 0 radical (unpaired) electrons. The van der Waals surface area contributed by atoms with Crippen molar-refractivity contribution >= 4 is 27.6 Å². The first-order chi connectivity index (χ1) is 22.3. The smallest absolute Gasteiger partial charge is 0.194 e. The van der Waals surface area contributed by atoms with Gasteiger partial charge in [-0.2, -0.15) is 0 Å². The molecule has 210 valence electrons. The standard InChI is InChI=1S/C40H24N4O/c1-41-34-18-10-8-16-30(34)32-24-25-33-31-17-9-11-19-35(31)45-37(33)36(32)40-43-38(28-14-6-3-7-15-28)42-39(44-40)29-22-20-27(21-23-29)26-12-4-2-5-13-26/h2-25H. The summed E-state index contributed by atoms with van der Waals surface area (Å²) in [5.41, 5.74) is 8.34. The summed E-state index contributed by atoms with van der Waals surface area (Å²) in [5.74, 6) is 1.58. The zero-order valence-electron chi connectivity index (χ0n) is 24.1. The van der Waals surface area contributed by atoms with Gasteiger partial charge >= 0.3 is 0 Å². The van der Waals surface area contributed by atoms with Crippen LogP contribution in [0.1, 0.15) is 0 Å². The maximum atomic E-state index is 7.89. The first kappa shape index (κ1) is 26.3. The van der Waals surface area contributed by atoms with E-state index in [1.807, 2.05) is 109 Å². The van der Waals surface area contributed by atoms with Gasteiger partial charge in [0.05, 0.1) is 12.1 Å². The summed E-state index contributed by atoms with van der Waals surface area (Å²) in [4.78, 5) is 19.0. The third-order valence-corrected chi connectivity index (χ3v) is 8.00. The van der Waals surface area contributed by atoms with Gasteiger partial charge in [0.15, 0.2) is 23.2 Å². The van der Waals surface area contributed by atoms with Gasteiger partial charge in [-0.15, -0.1) is 0 Å². The van der Waals surface area contributed by atoms with Crippen LogP contribution < -0.4 is 0 Å². The fourth-order valence-corrected chi connectivity index (χ4v) is 5.81. The third kappa shape index (κ3) is 4.71. The summed E-state index contributed by atoms with van der Waals surface area (Å²) in [7, 11) is 0. The van der Waals surface area contributed by atoms with E-state index in [4.69, 9.17) is 25.9 Å². The normalized spacial score (nSPS) is 11.1.